The average molecular weight is 313 g/mol. The lowest BCUT2D eigenvalue weighted by Crippen LogP contribution is -2.14. The number of hydrogen-bond donors (Lipinski definition) is 2. The minimum atomic E-state index is -1.08. The Morgan fingerprint density at radius 3 is 2.64 bits per heavy atom. The van der Waals surface area contributed by atoms with Crippen molar-refractivity contribution in [3.63, 3.8) is 0 Å². The second-order valence-electron chi connectivity index (χ2n) is 4.19. The number of aromatic nitrogens is 1. The zero-order valence-electron chi connectivity index (χ0n) is 11.3. The first-order chi connectivity index (χ1) is 10.6. The first-order valence-electron chi connectivity index (χ1n) is 6.21. The van der Waals surface area contributed by atoms with Crippen LogP contribution in [0.4, 0.5) is 5.69 Å². The van der Waals surface area contributed by atoms with Crippen LogP contribution >= 0.6 is 11.8 Å². The van der Waals surface area contributed by atoms with Crippen molar-refractivity contribution in [1.29, 1.82) is 5.26 Å². The van der Waals surface area contributed by atoms with Crippen molar-refractivity contribution in [2.45, 2.75) is 5.03 Å². The fourth-order valence-corrected chi connectivity index (χ4v) is 2.41. The van der Waals surface area contributed by atoms with Gasteiger partial charge < -0.3 is 10.4 Å². The quantitative estimate of drug-likeness (QED) is 0.821. The number of carbonyl (C=O) groups is 2. The van der Waals surface area contributed by atoms with E-state index in [2.05, 4.69) is 10.3 Å². The van der Waals surface area contributed by atoms with E-state index in [0.717, 1.165) is 11.8 Å². The molecule has 0 unspecified atom stereocenters. The smallest absolute Gasteiger partial charge is 0.338 e. The molecule has 0 saturated heterocycles. The molecule has 0 aliphatic heterocycles. The zero-order valence-corrected chi connectivity index (χ0v) is 12.1. The molecule has 0 atom stereocenters. The number of rotatable bonds is 5. The van der Waals surface area contributed by atoms with Gasteiger partial charge in [0, 0.05) is 11.9 Å². The van der Waals surface area contributed by atoms with Crippen LogP contribution in [0.5, 0.6) is 0 Å². The number of carboxylic acids is 1. The van der Waals surface area contributed by atoms with Gasteiger partial charge in [-0.05, 0) is 36.4 Å². The summed E-state index contributed by atoms with van der Waals surface area (Å²) in [4.78, 5) is 26.9. The van der Waals surface area contributed by atoms with Crippen LogP contribution in [0.2, 0.25) is 0 Å². The van der Waals surface area contributed by atoms with Crippen molar-refractivity contribution >= 4 is 29.3 Å². The average Bonchev–Trinajstić information content (AvgIpc) is 2.54. The Bertz CT molecular complexity index is 738. The molecule has 7 heteroatoms. The molecular weight excluding hydrogens is 302 g/mol. The van der Waals surface area contributed by atoms with Gasteiger partial charge in [-0.25, -0.2) is 9.78 Å². The molecule has 1 aromatic heterocycles. The Morgan fingerprint density at radius 2 is 2.00 bits per heavy atom. The lowest BCUT2D eigenvalue weighted by molar-refractivity contribution is -0.113. The zero-order chi connectivity index (χ0) is 15.9. The molecule has 0 fully saturated rings. The molecule has 1 heterocycles. The number of nitrogens with zero attached hydrogens (tertiary/aromatic N) is 2. The van der Waals surface area contributed by atoms with Crippen LogP contribution < -0.4 is 5.32 Å². The highest BCUT2D eigenvalue weighted by atomic mass is 32.2. The molecule has 0 bridgehead atoms. The number of anilines is 1. The molecule has 2 rings (SSSR count). The highest BCUT2D eigenvalue weighted by Crippen LogP contribution is 2.20. The van der Waals surface area contributed by atoms with E-state index < -0.39 is 5.97 Å². The fourth-order valence-electron chi connectivity index (χ4n) is 1.63. The topological polar surface area (TPSA) is 103 Å². The van der Waals surface area contributed by atoms with Crippen molar-refractivity contribution in [3.8, 4) is 6.07 Å². The molecule has 2 aromatic rings. The number of amides is 1. The maximum Gasteiger partial charge on any atom is 0.338 e. The van der Waals surface area contributed by atoms with Crippen molar-refractivity contribution < 1.29 is 14.7 Å². The number of carboxylic acid groups (broad SMARTS) is 1. The van der Waals surface area contributed by atoms with Gasteiger partial charge >= 0.3 is 5.97 Å². The van der Waals surface area contributed by atoms with Gasteiger partial charge in [-0.2, -0.15) is 5.26 Å². The minimum Gasteiger partial charge on any atom is -0.478 e. The summed E-state index contributed by atoms with van der Waals surface area (Å²) in [7, 11) is 0. The largest absolute Gasteiger partial charge is 0.478 e. The Labute approximate surface area is 130 Å². The number of thioether (sulfide) groups is 1. The molecule has 1 amide bonds. The van der Waals surface area contributed by atoms with Crippen LogP contribution in [0.1, 0.15) is 15.9 Å². The van der Waals surface area contributed by atoms with Gasteiger partial charge in [-0.3, -0.25) is 4.79 Å². The summed E-state index contributed by atoms with van der Waals surface area (Å²) in [6.07, 6.45) is 1.48. The van der Waals surface area contributed by atoms with Crippen LogP contribution in [0.15, 0.2) is 47.6 Å². The van der Waals surface area contributed by atoms with Gasteiger partial charge in [-0.15, -0.1) is 0 Å². The molecule has 22 heavy (non-hydrogen) atoms. The Morgan fingerprint density at radius 1 is 1.27 bits per heavy atom. The van der Waals surface area contributed by atoms with E-state index >= 15 is 0 Å². The predicted octanol–water partition coefficient (Wildman–Crippen LogP) is 2.38. The van der Waals surface area contributed by atoms with E-state index in [0.29, 0.717) is 16.3 Å². The Balaban J connectivity index is 1.95. The number of aromatic carboxylic acids is 1. The van der Waals surface area contributed by atoms with Gasteiger partial charge in [0.15, 0.2) is 0 Å². The normalized spacial score (nSPS) is 9.77. The molecule has 0 aliphatic carbocycles. The summed E-state index contributed by atoms with van der Waals surface area (Å²) in [5.74, 6) is -1.32. The SMILES string of the molecule is N#Cc1ccc(NC(=O)CSc2ncccc2C(=O)O)cc1. The fraction of sp³-hybridized carbons (Fsp3) is 0.0667. The van der Waals surface area contributed by atoms with E-state index in [-0.39, 0.29) is 17.2 Å². The number of pyridine rings is 1. The number of hydrogen-bond acceptors (Lipinski definition) is 5. The molecule has 0 saturated carbocycles. The van der Waals surface area contributed by atoms with Crippen molar-refractivity contribution in [3.05, 3.63) is 53.7 Å². The number of benzene rings is 1. The van der Waals surface area contributed by atoms with E-state index in [9.17, 15) is 9.59 Å². The third-order valence-electron chi connectivity index (χ3n) is 2.64. The molecule has 0 spiro atoms. The third kappa shape index (κ3) is 4.07. The van der Waals surface area contributed by atoms with Gasteiger partial charge in [-0.1, -0.05) is 11.8 Å². The monoisotopic (exact) mass is 313 g/mol. The molecule has 0 radical (unpaired) electrons. The van der Waals surface area contributed by atoms with Gasteiger partial charge in [0.1, 0.15) is 5.03 Å². The first kappa shape index (κ1) is 15.5. The second kappa shape index (κ2) is 7.24. The van der Waals surface area contributed by atoms with E-state index in [1.807, 2.05) is 6.07 Å². The molecule has 110 valence electrons. The van der Waals surface area contributed by atoms with Crippen molar-refractivity contribution in [1.82, 2.24) is 4.98 Å². The van der Waals surface area contributed by atoms with E-state index in [1.54, 1.807) is 24.3 Å². The predicted molar refractivity (Wildman–Crippen MR) is 81.7 cm³/mol. The summed E-state index contributed by atoms with van der Waals surface area (Å²) in [5, 5.41) is 20.7. The maximum atomic E-state index is 11.8. The number of nitriles is 1. The van der Waals surface area contributed by atoms with E-state index in [4.69, 9.17) is 10.4 Å². The highest BCUT2D eigenvalue weighted by molar-refractivity contribution is 8.00. The number of carbonyl (C=O) groups excluding carboxylic acids is 1. The molecular formula is C15H11N3O3S. The molecule has 0 aliphatic rings. The summed E-state index contributed by atoms with van der Waals surface area (Å²) >= 11 is 1.05. The first-order valence-corrected chi connectivity index (χ1v) is 7.20. The number of nitrogens with one attached hydrogen (secondary N) is 1. The van der Waals surface area contributed by atoms with Crippen LogP contribution in [0.25, 0.3) is 0 Å². The van der Waals surface area contributed by atoms with Crippen LogP contribution in [0.3, 0.4) is 0 Å². The van der Waals surface area contributed by atoms with Crippen molar-refractivity contribution in [2.24, 2.45) is 0 Å². The van der Waals surface area contributed by atoms with Gasteiger partial charge in [0.05, 0.1) is 22.9 Å². The summed E-state index contributed by atoms with van der Waals surface area (Å²) in [6, 6.07) is 11.4. The second-order valence-corrected chi connectivity index (χ2v) is 5.15. The standard InChI is InChI=1S/C15H11N3O3S/c16-8-10-3-5-11(6-4-10)18-13(19)9-22-14-12(15(20)21)2-1-7-17-14/h1-7H,9H2,(H,18,19)(H,20,21). The van der Waals surface area contributed by atoms with Crippen LogP contribution in [-0.4, -0.2) is 27.7 Å². The van der Waals surface area contributed by atoms with Gasteiger partial charge in [0.2, 0.25) is 5.91 Å². The Hall–Kier alpha value is -2.85. The lowest BCUT2D eigenvalue weighted by Gasteiger charge is -2.06. The molecule has 1 aromatic carbocycles. The van der Waals surface area contributed by atoms with E-state index in [1.165, 1.54) is 18.3 Å². The lowest BCUT2D eigenvalue weighted by atomic mass is 10.2. The molecule has 2 N–H and O–H groups in total. The summed E-state index contributed by atoms with van der Waals surface area (Å²) < 4.78 is 0. The summed E-state index contributed by atoms with van der Waals surface area (Å²) in [5.41, 5.74) is 1.15. The van der Waals surface area contributed by atoms with Crippen LogP contribution in [-0.2, 0) is 4.79 Å². The van der Waals surface area contributed by atoms with Gasteiger partial charge in [0.25, 0.3) is 0 Å². The Kier molecular flexibility index (Phi) is 5.11. The highest BCUT2D eigenvalue weighted by Gasteiger charge is 2.12. The maximum absolute atomic E-state index is 11.8. The van der Waals surface area contributed by atoms with Crippen LogP contribution in [0, 0.1) is 11.3 Å². The summed E-state index contributed by atoms with van der Waals surface area (Å²) in [6.45, 7) is 0. The molecule has 6 nitrogen and oxygen atoms in total. The van der Waals surface area contributed by atoms with Crippen molar-refractivity contribution in [2.75, 3.05) is 11.1 Å². The minimum absolute atomic E-state index is 0.0390. The third-order valence-corrected chi connectivity index (χ3v) is 3.64.